The van der Waals surface area contributed by atoms with Gasteiger partial charge in [-0.2, -0.15) is 0 Å². The maximum absolute atomic E-state index is 5.66. The third-order valence-electron chi connectivity index (χ3n) is 4.93. The lowest BCUT2D eigenvalue weighted by Gasteiger charge is -2.24. The van der Waals surface area contributed by atoms with Gasteiger partial charge in [-0.25, -0.2) is 0 Å². The summed E-state index contributed by atoms with van der Waals surface area (Å²) in [5.74, 6) is 0. The molecule has 0 aliphatic heterocycles. The van der Waals surface area contributed by atoms with Gasteiger partial charge in [-0.1, -0.05) is 84.9 Å². The molecule has 1 aliphatic carbocycles. The molecule has 0 unspecified atom stereocenters. The van der Waals surface area contributed by atoms with Gasteiger partial charge in [0, 0.05) is 6.04 Å². The van der Waals surface area contributed by atoms with Crippen LogP contribution < -0.4 is 10.6 Å². The Balaban J connectivity index is 1.47. The summed E-state index contributed by atoms with van der Waals surface area (Å²) in [6.45, 7) is 0. The largest absolute Gasteiger partial charge is 0.359 e. The van der Waals surface area contributed by atoms with Crippen molar-refractivity contribution in [1.82, 2.24) is 10.6 Å². The molecule has 3 heteroatoms. The van der Waals surface area contributed by atoms with Crippen LogP contribution in [0.15, 0.2) is 84.9 Å². The zero-order valence-electron chi connectivity index (χ0n) is 14.6. The average molecular weight is 359 g/mol. The Morgan fingerprint density at radius 3 is 1.69 bits per heavy atom. The smallest absolute Gasteiger partial charge is 0.167 e. The van der Waals surface area contributed by atoms with Gasteiger partial charge in [0.15, 0.2) is 5.11 Å². The summed E-state index contributed by atoms with van der Waals surface area (Å²) < 4.78 is 0. The van der Waals surface area contributed by atoms with E-state index in [-0.39, 0.29) is 6.04 Å². The van der Waals surface area contributed by atoms with Gasteiger partial charge in [-0.3, -0.25) is 0 Å². The van der Waals surface area contributed by atoms with Crippen LogP contribution in [0.3, 0.4) is 0 Å². The third kappa shape index (κ3) is 3.78. The van der Waals surface area contributed by atoms with Crippen molar-refractivity contribution in [2.24, 2.45) is 0 Å². The minimum atomic E-state index is 0.0428. The zero-order chi connectivity index (χ0) is 17.8. The van der Waals surface area contributed by atoms with Crippen molar-refractivity contribution in [1.29, 1.82) is 0 Å². The molecule has 0 radical (unpaired) electrons. The molecule has 0 spiro atoms. The summed E-state index contributed by atoms with van der Waals surface area (Å²) in [5, 5.41) is 7.75. The van der Waals surface area contributed by atoms with Gasteiger partial charge >= 0.3 is 0 Å². The minimum absolute atomic E-state index is 0.0428. The summed E-state index contributed by atoms with van der Waals surface area (Å²) in [7, 11) is 0. The molecule has 0 saturated heterocycles. The lowest BCUT2D eigenvalue weighted by atomic mass is 9.99. The highest BCUT2D eigenvalue weighted by Crippen LogP contribution is 2.23. The van der Waals surface area contributed by atoms with E-state index in [9.17, 15) is 0 Å². The second kappa shape index (κ2) is 7.71. The van der Waals surface area contributed by atoms with Crippen LogP contribution in [-0.2, 0) is 12.8 Å². The lowest BCUT2D eigenvalue weighted by molar-refractivity contribution is 0.623. The molecule has 1 aliphatic rings. The minimum Gasteiger partial charge on any atom is -0.359 e. The van der Waals surface area contributed by atoms with Gasteiger partial charge < -0.3 is 10.6 Å². The van der Waals surface area contributed by atoms with E-state index < -0.39 is 0 Å². The molecule has 0 bridgehead atoms. The molecule has 2 N–H and O–H groups in total. The Morgan fingerprint density at radius 2 is 1.19 bits per heavy atom. The Kier molecular flexibility index (Phi) is 4.98. The Labute approximate surface area is 160 Å². The number of nitrogens with one attached hydrogen (secondary N) is 2. The molecule has 0 atom stereocenters. The Bertz CT molecular complexity index is 812. The molecule has 0 amide bonds. The van der Waals surface area contributed by atoms with Crippen LogP contribution in [0.4, 0.5) is 0 Å². The summed E-state index contributed by atoms with van der Waals surface area (Å²) in [6.07, 6.45) is 2.05. The van der Waals surface area contributed by atoms with E-state index >= 15 is 0 Å². The number of rotatable bonds is 4. The fraction of sp³-hybridized carbons (Fsp3) is 0.174. The summed E-state index contributed by atoms with van der Waals surface area (Å²) in [5.41, 5.74) is 5.26. The molecule has 0 saturated carbocycles. The molecule has 130 valence electrons. The lowest BCUT2D eigenvalue weighted by Crippen LogP contribution is -2.44. The number of hydrogen-bond acceptors (Lipinski definition) is 1. The van der Waals surface area contributed by atoms with Crippen molar-refractivity contribution in [3.05, 3.63) is 107 Å². The van der Waals surface area contributed by atoms with E-state index in [0.717, 1.165) is 12.8 Å². The van der Waals surface area contributed by atoms with Gasteiger partial charge in [-0.15, -0.1) is 0 Å². The summed E-state index contributed by atoms with van der Waals surface area (Å²) in [6, 6.07) is 29.9. The molecule has 4 rings (SSSR count). The quantitative estimate of drug-likeness (QED) is 0.676. The van der Waals surface area contributed by atoms with Crippen LogP contribution in [0.1, 0.15) is 28.3 Å². The first kappa shape index (κ1) is 16.8. The zero-order valence-corrected chi connectivity index (χ0v) is 15.4. The number of benzene rings is 3. The van der Waals surface area contributed by atoms with E-state index in [4.69, 9.17) is 12.2 Å². The van der Waals surface area contributed by atoms with Gasteiger partial charge in [0.2, 0.25) is 0 Å². The van der Waals surface area contributed by atoms with Crippen LogP contribution in [-0.4, -0.2) is 11.2 Å². The predicted octanol–water partition coefficient (Wildman–Crippen LogP) is 4.41. The fourth-order valence-corrected chi connectivity index (χ4v) is 3.95. The van der Waals surface area contributed by atoms with E-state index in [2.05, 4.69) is 83.4 Å². The first-order chi connectivity index (χ1) is 12.8. The molecule has 3 aromatic rings. The second-order valence-electron chi connectivity index (χ2n) is 6.75. The number of hydrogen-bond donors (Lipinski definition) is 2. The van der Waals surface area contributed by atoms with Crippen molar-refractivity contribution in [3.63, 3.8) is 0 Å². The van der Waals surface area contributed by atoms with Gasteiger partial charge in [0.1, 0.15) is 0 Å². The maximum Gasteiger partial charge on any atom is 0.167 e. The molecular formula is C23H22N2S. The highest BCUT2D eigenvalue weighted by Gasteiger charge is 2.22. The molecule has 0 heterocycles. The van der Waals surface area contributed by atoms with Crippen LogP contribution in [0.5, 0.6) is 0 Å². The van der Waals surface area contributed by atoms with Crippen LogP contribution in [0.25, 0.3) is 0 Å². The van der Waals surface area contributed by atoms with Crippen molar-refractivity contribution in [2.75, 3.05) is 0 Å². The van der Waals surface area contributed by atoms with E-state index in [1.165, 1.54) is 22.3 Å². The van der Waals surface area contributed by atoms with Crippen LogP contribution >= 0.6 is 12.2 Å². The SMILES string of the molecule is S=C(NC1Cc2ccccc2C1)NC(c1ccccc1)c1ccccc1. The normalized spacial score (nSPS) is 13.4. The maximum atomic E-state index is 5.66. The highest BCUT2D eigenvalue weighted by molar-refractivity contribution is 7.80. The molecular weight excluding hydrogens is 336 g/mol. The van der Waals surface area contributed by atoms with Crippen molar-refractivity contribution in [2.45, 2.75) is 24.9 Å². The first-order valence-electron chi connectivity index (χ1n) is 9.03. The van der Waals surface area contributed by atoms with Gasteiger partial charge in [-0.05, 0) is 47.3 Å². The van der Waals surface area contributed by atoms with Gasteiger partial charge in [0.25, 0.3) is 0 Å². The van der Waals surface area contributed by atoms with Crippen LogP contribution in [0, 0.1) is 0 Å². The number of thiocarbonyl (C=S) groups is 1. The second-order valence-corrected chi connectivity index (χ2v) is 7.15. The Morgan fingerprint density at radius 1 is 0.731 bits per heavy atom. The fourth-order valence-electron chi connectivity index (χ4n) is 3.67. The monoisotopic (exact) mass is 358 g/mol. The topological polar surface area (TPSA) is 24.1 Å². The third-order valence-corrected chi connectivity index (χ3v) is 5.16. The average Bonchev–Trinajstić information content (AvgIpc) is 3.09. The van der Waals surface area contributed by atoms with Crippen LogP contribution in [0.2, 0.25) is 0 Å². The molecule has 0 fully saturated rings. The van der Waals surface area contributed by atoms with E-state index in [1.54, 1.807) is 0 Å². The highest BCUT2D eigenvalue weighted by atomic mass is 32.1. The van der Waals surface area contributed by atoms with Crippen molar-refractivity contribution < 1.29 is 0 Å². The first-order valence-corrected chi connectivity index (χ1v) is 9.44. The van der Waals surface area contributed by atoms with Crippen molar-refractivity contribution in [3.8, 4) is 0 Å². The standard InChI is InChI=1S/C23H22N2S/c26-23(24-21-15-19-13-7-8-14-20(19)16-21)25-22(17-9-3-1-4-10-17)18-11-5-2-6-12-18/h1-14,21-22H,15-16H2,(H2,24,25,26). The van der Waals surface area contributed by atoms with E-state index in [1.807, 2.05) is 12.1 Å². The molecule has 0 aromatic heterocycles. The van der Waals surface area contributed by atoms with E-state index in [0.29, 0.717) is 11.2 Å². The summed E-state index contributed by atoms with van der Waals surface area (Å²) in [4.78, 5) is 0. The molecule has 2 nitrogen and oxygen atoms in total. The number of fused-ring (bicyclic) bond motifs is 1. The molecule has 3 aromatic carbocycles. The molecule has 26 heavy (non-hydrogen) atoms. The van der Waals surface area contributed by atoms with Crippen molar-refractivity contribution >= 4 is 17.3 Å². The predicted molar refractivity (Wildman–Crippen MR) is 111 cm³/mol. The summed E-state index contributed by atoms with van der Waals surface area (Å²) >= 11 is 5.66. The Hall–Kier alpha value is -2.65. The van der Waals surface area contributed by atoms with Gasteiger partial charge in [0.05, 0.1) is 6.04 Å².